The molecule has 2 N–H and O–H groups in total. The normalized spacial score (nSPS) is 19.6. The van der Waals surface area contributed by atoms with E-state index in [1.54, 1.807) is 0 Å². The smallest absolute Gasteiger partial charge is 0.122 e. The Morgan fingerprint density at radius 3 is 2.45 bits per heavy atom. The van der Waals surface area contributed by atoms with Gasteiger partial charge < -0.3 is 15.1 Å². The summed E-state index contributed by atoms with van der Waals surface area (Å²) in [6, 6.07) is 4.30. The second-order valence-corrected chi connectivity index (χ2v) is 5.88. The third-order valence-corrected chi connectivity index (χ3v) is 4.02. The van der Waals surface area contributed by atoms with E-state index in [2.05, 4.69) is 34.9 Å². The Balaban J connectivity index is 1.85. The number of furan rings is 1. The average Bonchev–Trinajstić information content (AvgIpc) is 2.85. The molecule has 20 heavy (non-hydrogen) atoms. The van der Waals surface area contributed by atoms with E-state index in [4.69, 9.17) is 10.2 Å². The lowest BCUT2D eigenvalue weighted by Crippen LogP contribution is -2.50. The van der Waals surface area contributed by atoms with Crippen LogP contribution in [0.4, 0.5) is 0 Å². The first-order chi connectivity index (χ1) is 9.60. The van der Waals surface area contributed by atoms with Crippen LogP contribution in [0.3, 0.4) is 0 Å². The number of hydrogen-bond donors (Lipinski definition) is 1. The van der Waals surface area contributed by atoms with Crippen LogP contribution in [0.5, 0.6) is 0 Å². The topological polar surface area (TPSA) is 48.9 Å². The molecule has 0 radical (unpaired) electrons. The zero-order valence-electron chi connectivity index (χ0n) is 13.0. The van der Waals surface area contributed by atoms with E-state index in [1.807, 2.05) is 13.0 Å². The lowest BCUT2D eigenvalue weighted by Gasteiger charge is -2.38. The highest BCUT2D eigenvalue weighted by Gasteiger charge is 2.25. The van der Waals surface area contributed by atoms with Gasteiger partial charge in [-0.25, -0.2) is 0 Å². The van der Waals surface area contributed by atoms with Gasteiger partial charge in [0.2, 0.25) is 0 Å². The Morgan fingerprint density at radius 2 is 1.95 bits per heavy atom. The van der Waals surface area contributed by atoms with Gasteiger partial charge in [-0.3, -0.25) is 9.80 Å². The van der Waals surface area contributed by atoms with Gasteiger partial charge in [0.1, 0.15) is 11.5 Å². The third-order valence-electron chi connectivity index (χ3n) is 4.02. The van der Waals surface area contributed by atoms with Crippen molar-refractivity contribution in [2.75, 3.05) is 59.9 Å². The minimum absolute atomic E-state index is 0.222. The van der Waals surface area contributed by atoms with Crippen molar-refractivity contribution in [1.29, 1.82) is 0 Å². The number of likely N-dealkylation sites (N-methyl/N-ethyl adjacent to an activating group) is 1. The summed E-state index contributed by atoms with van der Waals surface area (Å²) in [5, 5.41) is 0. The molecule has 1 saturated heterocycles. The van der Waals surface area contributed by atoms with Crippen molar-refractivity contribution in [2.45, 2.75) is 13.0 Å². The van der Waals surface area contributed by atoms with Crippen LogP contribution in [0, 0.1) is 6.92 Å². The summed E-state index contributed by atoms with van der Waals surface area (Å²) in [6.45, 7) is 9.23. The quantitative estimate of drug-likeness (QED) is 0.834. The molecule has 1 aliphatic rings. The lowest BCUT2D eigenvalue weighted by molar-refractivity contribution is 0.0853. The van der Waals surface area contributed by atoms with E-state index in [9.17, 15) is 0 Å². The zero-order valence-corrected chi connectivity index (χ0v) is 13.0. The van der Waals surface area contributed by atoms with Gasteiger partial charge in [-0.2, -0.15) is 0 Å². The second-order valence-electron chi connectivity index (χ2n) is 5.88. The van der Waals surface area contributed by atoms with Gasteiger partial charge in [-0.1, -0.05) is 0 Å². The van der Waals surface area contributed by atoms with Crippen molar-refractivity contribution in [3.63, 3.8) is 0 Å². The second kappa shape index (κ2) is 7.22. The molecule has 0 aliphatic carbocycles. The van der Waals surface area contributed by atoms with Gasteiger partial charge >= 0.3 is 0 Å². The van der Waals surface area contributed by atoms with Crippen molar-refractivity contribution in [2.24, 2.45) is 5.73 Å². The highest BCUT2D eigenvalue weighted by atomic mass is 16.3. The molecule has 0 aromatic carbocycles. The largest absolute Gasteiger partial charge is 0.465 e. The molecule has 1 aromatic rings. The van der Waals surface area contributed by atoms with E-state index < -0.39 is 0 Å². The van der Waals surface area contributed by atoms with Crippen molar-refractivity contribution in [3.05, 3.63) is 23.7 Å². The third kappa shape index (κ3) is 4.06. The maximum atomic E-state index is 5.96. The average molecular weight is 280 g/mol. The maximum Gasteiger partial charge on any atom is 0.122 e. The van der Waals surface area contributed by atoms with Crippen molar-refractivity contribution in [1.82, 2.24) is 14.7 Å². The Labute approximate surface area is 122 Å². The Hall–Kier alpha value is -0.880. The number of rotatable bonds is 6. The summed E-state index contributed by atoms with van der Waals surface area (Å²) < 4.78 is 5.75. The fraction of sp³-hybridized carbons (Fsp3) is 0.733. The summed E-state index contributed by atoms with van der Waals surface area (Å²) in [6.07, 6.45) is 0. The van der Waals surface area contributed by atoms with Crippen LogP contribution in [-0.2, 0) is 0 Å². The minimum atomic E-state index is 0.222. The number of piperazine rings is 1. The van der Waals surface area contributed by atoms with Crippen LogP contribution < -0.4 is 5.73 Å². The molecule has 0 saturated carbocycles. The standard InChI is InChI=1S/C15H28N4O/c1-13-4-5-15(20-13)14(12-16)19-10-8-18(9-11-19)7-6-17(2)3/h4-5,14H,6-12,16H2,1-3H3. The fourth-order valence-corrected chi connectivity index (χ4v) is 2.72. The summed E-state index contributed by atoms with van der Waals surface area (Å²) in [7, 11) is 4.25. The van der Waals surface area contributed by atoms with Crippen LogP contribution in [0.2, 0.25) is 0 Å². The molecule has 1 aliphatic heterocycles. The molecule has 0 bridgehead atoms. The Morgan fingerprint density at radius 1 is 1.25 bits per heavy atom. The first kappa shape index (κ1) is 15.5. The number of nitrogens with two attached hydrogens (primary N) is 1. The zero-order chi connectivity index (χ0) is 14.5. The van der Waals surface area contributed by atoms with E-state index in [0.717, 1.165) is 50.8 Å². The molecular weight excluding hydrogens is 252 g/mol. The monoisotopic (exact) mass is 280 g/mol. The van der Waals surface area contributed by atoms with E-state index in [0.29, 0.717) is 6.54 Å². The highest BCUT2D eigenvalue weighted by molar-refractivity contribution is 5.10. The van der Waals surface area contributed by atoms with Gasteiger partial charge in [-0.15, -0.1) is 0 Å². The van der Waals surface area contributed by atoms with Gasteiger partial charge in [0.05, 0.1) is 6.04 Å². The van der Waals surface area contributed by atoms with Crippen molar-refractivity contribution >= 4 is 0 Å². The van der Waals surface area contributed by atoms with Crippen LogP contribution >= 0.6 is 0 Å². The molecule has 5 nitrogen and oxygen atoms in total. The van der Waals surface area contributed by atoms with E-state index in [1.165, 1.54) is 0 Å². The molecular formula is C15H28N4O. The number of hydrogen-bond acceptors (Lipinski definition) is 5. The molecule has 114 valence electrons. The first-order valence-corrected chi connectivity index (χ1v) is 7.47. The summed E-state index contributed by atoms with van der Waals surface area (Å²) in [5.41, 5.74) is 5.96. The van der Waals surface area contributed by atoms with Crippen LogP contribution in [-0.4, -0.2) is 74.6 Å². The van der Waals surface area contributed by atoms with E-state index in [-0.39, 0.29) is 6.04 Å². The molecule has 2 heterocycles. The lowest BCUT2D eigenvalue weighted by atomic mass is 10.1. The fourth-order valence-electron chi connectivity index (χ4n) is 2.72. The Kier molecular flexibility index (Phi) is 5.60. The maximum absolute atomic E-state index is 5.96. The van der Waals surface area contributed by atoms with Crippen molar-refractivity contribution < 1.29 is 4.42 Å². The van der Waals surface area contributed by atoms with Gasteiger partial charge in [-0.05, 0) is 33.2 Å². The molecule has 1 aromatic heterocycles. The van der Waals surface area contributed by atoms with Gasteiger partial charge in [0, 0.05) is 45.8 Å². The number of aryl methyl sites for hydroxylation is 1. The minimum Gasteiger partial charge on any atom is -0.465 e. The van der Waals surface area contributed by atoms with Gasteiger partial charge in [0.25, 0.3) is 0 Å². The summed E-state index contributed by atoms with van der Waals surface area (Å²) in [4.78, 5) is 7.21. The molecule has 5 heteroatoms. The van der Waals surface area contributed by atoms with Crippen LogP contribution in [0.25, 0.3) is 0 Å². The Bertz CT molecular complexity index is 396. The van der Waals surface area contributed by atoms with Crippen LogP contribution in [0.15, 0.2) is 16.5 Å². The molecule has 1 fully saturated rings. The SMILES string of the molecule is Cc1ccc(C(CN)N2CCN(CCN(C)C)CC2)o1. The summed E-state index contributed by atoms with van der Waals surface area (Å²) >= 11 is 0. The first-order valence-electron chi connectivity index (χ1n) is 7.47. The van der Waals surface area contributed by atoms with Crippen LogP contribution in [0.1, 0.15) is 17.6 Å². The highest BCUT2D eigenvalue weighted by Crippen LogP contribution is 2.23. The van der Waals surface area contributed by atoms with Crippen molar-refractivity contribution in [3.8, 4) is 0 Å². The molecule has 1 atom stereocenters. The predicted octanol–water partition coefficient (Wildman–Crippen LogP) is 0.767. The van der Waals surface area contributed by atoms with Gasteiger partial charge in [0.15, 0.2) is 0 Å². The number of nitrogens with zero attached hydrogens (tertiary/aromatic N) is 3. The molecule has 1 unspecified atom stereocenters. The molecule has 2 rings (SSSR count). The predicted molar refractivity (Wildman–Crippen MR) is 81.8 cm³/mol. The summed E-state index contributed by atoms with van der Waals surface area (Å²) in [5.74, 6) is 1.97. The van der Waals surface area contributed by atoms with E-state index >= 15 is 0 Å². The molecule has 0 spiro atoms. The molecule has 0 amide bonds.